The van der Waals surface area contributed by atoms with Crippen LogP contribution in [0.1, 0.15) is 38.3 Å². The molecule has 2 aliphatic rings. The van der Waals surface area contributed by atoms with E-state index in [0.29, 0.717) is 6.04 Å². The molecule has 5 nitrogen and oxygen atoms in total. The first-order valence-corrected chi connectivity index (χ1v) is 9.62. The summed E-state index contributed by atoms with van der Waals surface area (Å²) >= 11 is 0. The van der Waals surface area contributed by atoms with Crippen LogP contribution >= 0.6 is 0 Å². The highest BCUT2D eigenvalue weighted by Gasteiger charge is 2.28. The summed E-state index contributed by atoms with van der Waals surface area (Å²) in [7, 11) is 0. The second-order valence-electron chi connectivity index (χ2n) is 7.09. The zero-order valence-electron chi connectivity index (χ0n) is 15.1. The van der Waals surface area contributed by atoms with E-state index in [0.717, 1.165) is 42.5 Å². The molecule has 1 atom stereocenters. The number of anilines is 1. The third-order valence-electron chi connectivity index (χ3n) is 5.40. The van der Waals surface area contributed by atoms with Crippen LogP contribution in [0.15, 0.2) is 30.5 Å². The maximum atomic E-state index is 4.87. The van der Waals surface area contributed by atoms with E-state index in [1.165, 1.54) is 38.8 Å². The Hall–Kier alpha value is -2.01. The minimum atomic E-state index is 0.676. The highest BCUT2D eigenvalue weighted by Crippen LogP contribution is 2.25. The zero-order valence-corrected chi connectivity index (χ0v) is 15.1. The maximum absolute atomic E-state index is 4.87. The van der Waals surface area contributed by atoms with Crippen molar-refractivity contribution in [1.29, 1.82) is 0 Å². The molecule has 2 aliphatic heterocycles. The molecule has 2 aromatic rings. The Labute approximate surface area is 150 Å². The first kappa shape index (κ1) is 16.5. The van der Waals surface area contributed by atoms with Gasteiger partial charge in [0.15, 0.2) is 5.82 Å². The van der Waals surface area contributed by atoms with Crippen LogP contribution in [0.3, 0.4) is 0 Å². The molecule has 2 fully saturated rings. The second kappa shape index (κ2) is 7.48. The van der Waals surface area contributed by atoms with Crippen molar-refractivity contribution in [1.82, 2.24) is 19.9 Å². The average molecular weight is 337 g/mol. The molecule has 0 radical (unpaired) electrons. The van der Waals surface area contributed by atoms with E-state index in [1.54, 1.807) is 6.20 Å². The molecule has 5 heteroatoms. The van der Waals surface area contributed by atoms with Crippen LogP contribution < -0.4 is 4.90 Å². The molecule has 0 N–H and O–H groups in total. The Morgan fingerprint density at radius 1 is 1.08 bits per heavy atom. The molecule has 0 bridgehead atoms. The van der Waals surface area contributed by atoms with Crippen molar-refractivity contribution in [3.63, 3.8) is 0 Å². The van der Waals surface area contributed by atoms with Gasteiger partial charge in [0.1, 0.15) is 11.5 Å². The van der Waals surface area contributed by atoms with Crippen molar-refractivity contribution in [2.45, 2.75) is 45.1 Å². The summed E-state index contributed by atoms with van der Waals surface area (Å²) in [6, 6.07) is 8.75. The molecule has 0 saturated carbocycles. The van der Waals surface area contributed by atoms with Gasteiger partial charge in [-0.25, -0.2) is 9.97 Å². The Balaban J connectivity index is 1.60. The molecular formula is C20H27N5. The summed E-state index contributed by atoms with van der Waals surface area (Å²) in [6.45, 7) is 6.86. The first-order chi connectivity index (χ1) is 12.3. The third kappa shape index (κ3) is 3.66. The second-order valence-corrected chi connectivity index (χ2v) is 7.09. The van der Waals surface area contributed by atoms with Gasteiger partial charge in [-0.3, -0.25) is 9.88 Å². The van der Waals surface area contributed by atoms with Gasteiger partial charge in [-0.05, 0) is 57.3 Å². The Morgan fingerprint density at radius 2 is 1.96 bits per heavy atom. The Bertz CT molecular complexity index is 696. The highest BCUT2D eigenvalue weighted by atomic mass is 15.3. The fourth-order valence-corrected chi connectivity index (χ4v) is 4.00. The van der Waals surface area contributed by atoms with Gasteiger partial charge in [0.25, 0.3) is 0 Å². The Kier molecular flexibility index (Phi) is 4.92. The molecule has 2 aromatic heterocycles. The van der Waals surface area contributed by atoms with Crippen LogP contribution in [-0.2, 0) is 6.42 Å². The SMILES string of the molecule is CCc1cc(N2CCCC(N3CCCC3)C2)nc(-c2ccccn2)n1. The topological polar surface area (TPSA) is 45.2 Å². The van der Waals surface area contributed by atoms with Crippen molar-refractivity contribution in [2.24, 2.45) is 0 Å². The lowest BCUT2D eigenvalue weighted by Crippen LogP contribution is -2.47. The molecule has 0 spiro atoms. The number of hydrogen-bond donors (Lipinski definition) is 0. The van der Waals surface area contributed by atoms with Crippen LogP contribution in [0.2, 0.25) is 0 Å². The van der Waals surface area contributed by atoms with Crippen molar-refractivity contribution in [3.05, 3.63) is 36.2 Å². The van der Waals surface area contributed by atoms with E-state index in [9.17, 15) is 0 Å². The number of likely N-dealkylation sites (tertiary alicyclic amines) is 1. The van der Waals surface area contributed by atoms with Crippen molar-refractivity contribution in [3.8, 4) is 11.5 Å². The van der Waals surface area contributed by atoms with Crippen LogP contribution in [0.5, 0.6) is 0 Å². The van der Waals surface area contributed by atoms with Crippen LogP contribution in [0.25, 0.3) is 11.5 Å². The number of aromatic nitrogens is 3. The fourth-order valence-electron chi connectivity index (χ4n) is 4.00. The van der Waals surface area contributed by atoms with Gasteiger partial charge in [-0.1, -0.05) is 13.0 Å². The van der Waals surface area contributed by atoms with Gasteiger partial charge in [0.2, 0.25) is 0 Å². The number of nitrogens with zero attached hydrogens (tertiary/aromatic N) is 5. The monoisotopic (exact) mass is 337 g/mol. The molecule has 0 amide bonds. The largest absolute Gasteiger partial charge is 0.355 e. The van der Waals surface area contributed by atoms with E-state index in [1.807, 2.05) is 18.2 Å². The minimum absolute atomic E-state index is 0.676. The lowest BCUT2D eigenvalue weighted by atomic mass is 10.0. The summed E-state index contributed by atoms with van der Waals surface area (Å²) in [5, 5.41) is 0. The summed E-state index contributed by atoms with van der Waals surface area (Å²) in [5.74, 6) is 1.81. The zero-order chi connectivity index (χ0) is 17.1. The number of piperidine rings is 1. The maximum Gasteiger partial charge on any atom is 0.180 e. The summed E-state index contributed by atoms with van der Waals surface area (Å²) in [4.78, 5) is 19.1. The van der Waals surface area contributed by atoms with Gasteiger partial charge in [-0.15, -0.1) is 0 Å². The van der Waals surface area contributed by atoms with Crippen molar-refractivity contribution in [2.75, 3.05) is 31.1 Å². The molecule has 1 unspecified atom stereocenters. The van der Waals surface area contributed by atoms with E-state index < -0.39 is 0 Å². The Morgan fingerprint density at radius 3 is 2.72 bits per heavy atom. The summed E-state index contributed by atoms with van der Waals surface area (Å²) in [5.41, 5.74) is 1.95. The number of pyridine rings is 1. The van der Waals surface area contributed by atoms with Crippen LogP contribution in [0.4, 0.5) is 5.82 Å². The number of hydrogen-bond acceptors (Lipinski definition) is 5. The van der Waals surface area contributed by atoms with Gasteiger partial charge in [0, 0.05) is 37.1 Å². The number of rotatable bonds is 4. The first-order valence-electron chi connectivity index (χ1n) is 9.62. The lowest BCUT2D eigenvalue weighted by molar-refractivity contribution is 0.215. The molecule has 2 saturated heterocycles. The van der Waals surface area contributed by atoms with E-state index >= 15 is 0 Å². The predicted molar refractivity (Wildman–Crippen MR) is 101 cm³/mol. The standard InChI is InChI=1S/C20H27N5/c1-2-16-14-19(23-20(22-16)18-9-3-4-10-21-18)25-13-7-8-17(15-25)24-11-5-6-12-24/h3-4,9-10,14,17H,2,5-8,11-13,15H2,1H3. The molecule has 4 heterocycles. The van der Waals surface area contributed by atoms with Crippen LogP contribution in [-0.4, -0.2) is 52.1 Å². The quantitative estimate of drug-likeness (QED) is 0.857. The normalized spacial score (nSPS) is 21.6. The lowest BCUT2D eigenvalue weighted by Gasteiger charge is -2.38. The average Bonchev–Trinajstić information content (AvgIpc) is 3.23. The molecule has 4 rings (SSSR count). The highest BCUT2D eigenvalue weighted by molar-refractivity contribution is 5.54. The predicted octanol–water partition coefficient (Wildman–Crippen LogP) is 3.17. The number of aryl methyl sites for hydroxylation is 1. The van der Waals surface area contributed by atoms with Crippen molar-refractivity contribution >= 4 is 5.82 Å². The summed E-state index contributed by atoms with van der Waals surface area (Å²) in [6.07, 6.45) is 7.99. The van der Waals surface area contributed by atoms with Gasteiger partial charge >= 0.3 is 0 Å². The van der Waals surface area contributed by atoms with Gasteiger partial charge < -0.3 is 4.90 Å². The molecule has 0 aromatic carbocycles. The van der Waals surface area contributed by atoms with Gasteiger partial charge in [-0.2, -0.15) is 0 Å². The molecular weight excluding hydrogens is 310 g/mol. The smallest absolute Gasteiger partial charge is 0.180 e. The molecule has 25 heavy (non-hydrogen) atoms. The minimum Gasteiger partial charge on any atom is -0.355 e. The molecule has 0 aliphatic carbocycles. The molecule has 132 valence electrons. The van der Waals surface area contributed by atoms with Crippen LogP contribution in [0, 0.1) is 0 Å². The van der Waals surface area contributed by atoms with Crippen molar-refractivity contribution < 1.29 is 0 Å². The fraction of sp³-hybridized carbons (Fsp3) is 0.550. The van der Waals surface area contributed by atoms with E-state index in [-0.39, 0.29) is 0 Å². The van der Waals surface area contributed by atoms with E-state index in [2.05, 4.69) is 27.8 Å². The summed E-state index contributed by atoms with van der Waals surface area (Å²) < 4.78 is 0. The third-order valence-corrected chi connectivity index (χ3v) is 5.40. The van der Waals surface area contributed by atoms with E-state index in [4.69, 9.17) is 9.97 Å². The van der Waals surface area contributed by atoms with Gasteiger partial charge in [0.05, 0.1) is 0 Å².